The molecule has 2 aliphatic heterocycles. The fourth-order valence-corrected chi connectivity index (χ4v) is 6.62. The lowest BCUT2D eigenvalue weighted by molar-refractivity contribution is -0.146. The predicted octanol–water partition coefficient (Wildman–Crippen LogP) is 2.72. The SMILES string of the molecule is NC(CC(=O)N1CCC([C@H](N)Cc2cc(F)c(F)cc2F)CC1)OC(=O)/C=C\C(=O)NCCC(=O)N1CCC([C@H](N)Cc2cc(F)c(F)cc2F)CC1. The molecule has 2 aromatic rings. The summed E-state index contributed by atoms with van der Waals surface area (Å²) in [5.41, 5.74) is 18.2. The average molecular weight is 755 g/mol. The van der Waals surface area contributed by atoms with Crippen molar-refractivity contribution in [2.24, 2.45) is 29.0 Å². The number of carbonyl (C=O) groups is 4. The number of nitrogens with two attached hydrogens (primary N) is 3. The zero-order valence-corrected chi connectivity index (χ0v) is 29.0. The minimum atomic E-state index is -1.29. The minimum absolute atomic E-state index is 0.00148. The summed E-state index contributed by atoms with van der Waals surface area (Å²) < 4.78 is 86.6. The molecule has 11 nitrogen and oxygen atoms in total. The molecule has 0 radical (unpaired) electrons. The molecule has 0 aliphatic carbocycles. The van der Waals surface area contributed by atoms with Crippen LogP contribution >= 0.6 is 0 Å². The maximum absolute atomic E-state index is 14.0. The Morgan fingerprint density at radius 3 is 1.58 bits per heavy atom. The van der Waals surface area contributed by atoms with Gasteiger partial charge >= 0.3 is 5.97 Å². The molecule has 3 atom stereocenters. The van der Waals surface area contributed by atoms with E-state index in [0.29, 0.717) is 64.0 Å². The maximum atomic E-state index is 14.0. The molecule has 7 N–H and O–H groups in total. The second-order valence-electron chi connectivity index (χ2n) is 13.4. The summed E-state index contributed by atoms with van der Waals surface area (Å²) in [7, 11) is 0. The van der Waals surface area contributed by atoms with E-state index >= 15 is 0 Å². The van der Waals surface area contributed by atoms with Gasteiger partial charge in [-0.2, -0.15) is 0 Å². The van der Waals surface area contributed by atoms with Crippen LogP contribution in [0.2, 0.25) is 0 Å². The van der Waals surface area contributed by atoms with Crippen molar-refractivity contribution in [1.29, 1.82) is 0 Å². The van der Waals surface area contributed by atoms with Crippen LogP contribution in [-0.2, 0) is 36.8 Å². The van der Waals surface area contributed by atoms with Gasteiger partial charge in [-0.05, 0) is 73.6 Å². The normalized spacial score (nSPS) is 17.5. The van der Waals surface area contributed by atoms with Crippen LogP contribution in [0.1, 0.15) is 49.7 Å². The van der Waals surface area contributed by atoms with Crippen LogP contribution in [0.15, 0.2) is 36.4 Å². The Kier molecular flexibility index (Phi) is 14.8. The highest BCUT2D eigenvalue weighted by atomic mass is 19.2. The van der Waals surface area contributed by atoms with Gasteiger partial charge in [0.05, 0.1) is 6.42 Å². The maximum Gasteiger partial charge on any atom is 0.332 e. The molecule has 2 fully saturated rings. The zero-order chi connectivity index (χ0) is 38.8. The lowest BCUT2D eigenvalue weighted by Crippen LogP contribution is -2.45. The van der Waals surface area contributed by atoms with E-state index in [1.54, 1.807) is 4.90 Å². The summed E-state index contributed by atoms with van der Waals surface area (Å²) in [5.74, 6) is -8.99. The Hall–Kier alpha value is -4.48. The predicted molar refractivity (Wildman–Crippen MR) is 180 cm³/mol. The third kappa shape index (κ3) is 12.0. The first-order chi connectivity index (χ1) is 25.1. The van der Waals surface area contributed by atoms with E-state index in [1.165, 1.54) is 4.90 Å². The van der Waals surface area contributed by atoms with Crippen LogP contribution in [0.5, 0.6) is 0 Å². The number of amides is 3. The van der Waals surface area contributed by atoms with Crippen molar-refractivity contribution >= 4 is 23.7 Å². The van der Waals surface area contributed by atoms with Gasteiger partial charge in [0.1, 0.15) is 11.6 Å². The molecule has 4 rings (SSSR count). The number of hydrogen-bond acceptors (Lipinski definition) is 8. The summed E-state index contributed by atoms with van der Waals surface area (Å²) >= 11 is 0. The number of likely N-dealkylation sites (tertiary alicyclic amines) is 2. The first-order valence-electron chi connectivity index (χ1n) is 17.4. The molecule has 2 saturated heterocycles. The van der Waals surface area contributed by atoms with E-state index in [2.05, 4.69) is 5.32 Å². The average Bonchev–Trinajstić information content (AvgIpc) is 3.11. The second kappa shape index (κ2) is 19.0. The number of nitrogens with zero attached hydrogens (tertiary/aromatic N) is 2. The molecular weight excluding hydrogens is 710 g/mol. The van der Waals surface area contributed by atoms with Crippen LogP contribution in [0.3, 0.4) is 0 Å². The third-order valence-corrected chi connectivity index (χ3v) is 9.74. The summed E-state index contributed by atoms with van der Waals surface area (Å²) in [5, 5.41) is 2.49. The highest BCUT2D eigenvalue weighted by molar-refractivity contribution is 5.94. The van der Waals surface area contributed by atoms with Crippen LogP contribution in [-0.4, -0.2) is 84.5 Å². The second-order valence-corrected chi connectivity index (χ2v) is 13.4. The third-order valence-electron chi connectivity index (χ3n) is 9.74. The largest absolute Gasteiger partial charge is 0.443 e. The van der Waals surface area contributed by atoms with Gasteiger partial charge in [-0.3, -0.25) is 20.1 Å². The molecule has 2 heterocycles. The number of carbonyl (C=O) groups excluding carboxylic acids is 4. The molecule has 0 bridgehead atoms. The fourth-order valence-electron chi connectivity index (χ4n) is 6.62. The summed E-state index contributed by atoms with van der Waals surface area (Å²) in [6.07, 6.45) is 2.18. The van der Waals surface area contributed by atoms with Crippen molar-refractivity contribution in [3.05, 3.63) is 82.4 Å². The fraction of sp³-hybridized carbons (Fsp3) is 0.500. The van der Waals surface area contributed by atoms with Crippen LogP contribution in [0.4, 0.5) is 26.3 Å². The number of ether oxygens (including phenoxy) is 1. The zero-order valence-electron chi connectivity index (χ0n) is 29.0. The number of esters is 1. The Labute approximate surface area is 302 Å². The molecule has 290 valence electrons. The van der Waals surface area contributed by atoms with Crippen molar-refractivity contribution in [2.45, 2.75) is 69.7 Å². The monoisotopic (exact) mass is 754 g/mol. The number of hydrogen-bond donors (Lipinski definition) is 4. The van der Waals surface area contributed by atoms with E-state index < -0.39 is 65.1 Å². The molecule has 1 unspecified atom stereocenters. The summed E-state index contributed by atoms with van der Waals surface area (Å²) in [6.45, 7) is 1.39. The van der Waals surface area contributed by atoms with Crippen molar-refractivity contribution in [3.63, 3.8) is 0 Å². The van der Waals surface area contributed by atoms with Gasteiger partial charge in [0.25, 0.3) is 0 Å². The van der Waals surface area contributed by atoms with E-state index in [9.17, 15) is 45.5 Å². The van der Waals surface area contributed by atoms with Gasteiger partial charge in [-0.1, -0.05) is 0 Å². The van der Waals surface area contributed by atoms with Gasteiger partial charge in [0, 0.05) is 75.5 Å². The minimum Gasteiger partial charge on any atom is -0.443 e. The first kappa shape index (κ1) is 41.3. The standard InChI is InChI=1S/C36H44F6N6O5/c37-24-17-28(41)26(39)13-22(24)15-30(43)20-4-9-47(10-5-20)34(50)3-8-46-33(49)1-2-36(52)53-32(45)19-35(51)48-11-6-21(7-12-48)31(44)16-23-14-27(40)29(42)18-25(23)38/h1-2,13-14,17-18,20-21,30-32H,3-12,15-16,19,43-45H2,(H,46,49)/b2-1-/t30-,31-,32?/m1/s1. The number of halogens is 6. The van der Waals surface area contributed by atoms with Crippen molar-refractivity contribution in [3.8, 4) is 0 Å². The Morgan fingerprint density at radius 1 is 0.679 bits per heavy atom. The van der Waals surface area contributed by atoms with Gasteiger partial charge in [0.2, 0.25) is 17.7 Å². The van der Waals surface area contributed by atoms with Crippen LogP contribution < -0.4 is 22.5 Å². The molecular formula is C36H44F6N6O5. The quantitative estimate of drug-likeness (QED) is 0.0750. The Balaban J connectivity index is 1.08. The van der Waals surface area contributed by atoms with E-state index in [0.717, 1.165) is 24.3 Å². The summed E-state index contributed by atoms with van der Waals surface area (Å²) in [6, 6.07) is 1.51. The molecule has 2 aromatic carbocycles. The highest BCUT2D eigenvalue weighted by Crippen LogP contribution is 2.26. The molecule has 0 saturated carbocycles. The number of rotatable bonds is 14. The first-order valence-corrected chi connectivity index (χ1v) is 17.4. The molecule has 2 aliphatic rings. The van der Waals surface area contributed by atoms with Crippen molar-refractivity contribution < 1.29 is 50.3 Å². The smallest absolute Gasteiger partial charge is 0.332 e. The van der Waals surface area contributed by atoms with Crippen LogP contribution in [0.25, 0.3) is 0 Å². The number of piperidine rings is 2. The molecule has 3 amide bonds. The van der Waals surface area contributed by atoms with Gasteiger partial charge in [-0.25, -0.2) is 31.1 Å². The van der Waals surface area contributed by atoms with Gasteiger partial charge < -0.3 is 31.3 Å². The highest BCUT2D eigenvalue weighted by Gasteiger charge is 2.30. The van der Waals surface area contributed by atoms with Crippen LogP contribution in [0, 0.1) is 46.7 Å². The lowest BCUT2D eigenvalue weighted by atomic mass is 9.86. The Morgan fingerprint density at radius 2 is 1.11 bits per heavy atom. The molecule has 0 spiro atoms. The lowest BCUT2D eigenvalue weighted by Gasteiger charge is -2.35. The van der Waals surface area contributed by atoms with E-state index in [1.807, 2.05) is 0 Å². The molecule has 53 heavy (non-hydrogen) atoms. The van der Waals surface area contributed by atoms with Crippen molar-refractivity contribution in [1.82, 2.24) is 15.1 Å². The Bertz CT molecular complexity index is 1670. The van der Waals surface area contributed by atoms with Gasteiger partial charge in [0.15, 0.2) is 29.5 Å². The van der Waals surface area contributed by atoms with E-state index in [4.69, 9.17) is 21.9 Å². The molecule has 17 heteroatoms. The topological polar surface area (TPSA) is 174 Å². The summed E-state index contributed by atoms with van der Waals surface area (Å²) in [4.78, 5) is 52.8. The number of benzene rings is 2. The van der Waals surface area contributed by atoms with Crippen molar-refractivity contribution in [2.75, 3.05) is 32.7 Å². The number of nitrogens with one attached hydrogen (secondary N) is 1. The molecule has 0 aromatic heterocycles. The van der Waals surface area contributed by atoms with Gasteiger partial charge in [-0.15, -0.1) is 0 Å². The van der Waals surface area contributed by atoms with E-state index in [-0.39, 0.29) is 67.0 Å².